The van der Waals surface area contributed by atoms with Crippen LogP contribution in [-0.2, 0) is 0 Å². The number of benzene rings is 1. The first kappa shape index (κ1) is 9.86. The summed E-state index contributed by atoms with van der Waals surface area (Å²) >= 11 is 1.57. The number of thiophene rings is 1. The van der Waals surface area contributed by atoms with E-state index in [-0.39, 0.29) is 10.6 Å². The SMILES string of the molecule is Cc1ccc(-c2ccccc2[N+](=O)[O-])s1. The lowest BCUT2D eigenvalue weighted by atomic mass is 10.1. The molecule has 0 saturated heterocycles. The van der Waals surface area contributed by atoms with Gasteiger partial charge in [-0.2, -0.15) is 0 Å². The minimum absolute atomic E-state index is 0.166. The fourth-order valence-electron chi connectivity index (χ4n) is 1.42. The molecule has 0 spiro atoms. The zero-order valence-electron chi connectivity index (χ0n) is 8.14. The number of nitro benzene ring substituents is 1. The Morgan fingerprint density at radius 2 is 1.93 bits per heavy atom. The number of aryl methyl sites for hydroxylation is 1. The molecule has 0 unspecified atom stereocenters. The molecule has 3 nitrogen and oxygen atoms in total. The predicted molar refractivity (Wildman–Crippen MR) is 61.1 cm³/mol. The van der Waals surface area contributed by atoms with Gasteiger partial charge in [0.15, 0.2) is 0 Å². The fourth-order valence-corrected chi connectivity index (χ4v) is 2.32. The first-order valence-electron chi connectivity index (χ1n) is 4.49. The molecule has 15 heavy (non-hydrogen) atoms. The highest BCUT2D eigenvalue weighted by molar-refractivity contribution is 7.15. The van der Waals surface area contributed by atoms with Crippen LogP contribution in [0.2, 0.25) is 0 Å². The van der Waals surface area contributed by atoms with Gasteiger partial charge in [-0.1, -0.05) is 12.1 Å². The molecular formula is C11H9NO2S. The third-order valence-corrected chi connectivity index (χ3v) is 3.14. The van der Waals surface area contributed by atoms with Crippen molar-refractivity contribution in [1.82, 2.24) is 0 Å². The summed E-state index contributed by atoms with van der Waals surface area (Å²) < 4.78 is 0. The van der Waals surface area contributed by atoms with Crippen LogP contribution in [0.15, 0.2) is 36.4 Å². The highest BCUT2D eigenvalue weighted by Gasteiger charge is 2.14. The Morgan fingerprint density at radius 1 is 1.20 bits per heavy atom. The number of rotatable bonds is 2. The quantitative estimate of drug-likeness (QED) is 0.571. The van der Waals surface area contributed by atoms with Crippen molar-refractivity contribution in [2.75, 3.05) is 0 Å². The van der Waals surface area contributed by atoms with E-state index < -0.39 is 0 Å². The third kappa shape index (κ3) is 1.89. The van der Waals surface area contributed by atoms with Gasteiger partial charge < -0.3 is 0 Å². The zero-order chi connectivity index (χ0) is 10.8. The summed E-state index contributed by atoms with van der Waals surface area (Å²) in [5, 5.41) is 10.8. The van der Waals surface area contributed by atoms with E-state index in [1.54, 1.807) is 23.5 Å². The summed E-state index contributed by atoms with van der Waals surface area (Å²) in [4.78, 5) is 12.6. The monoisotopic (exact) mass is 219 g/mol. The van der Waals surface area contributed by atoms with Crippen LogP contribution in [0.5, 0.6) is 0 Å². The number of hydrogen-bond donors (Lipinski definition) is 0. The summed E-state index contributed by atoms with van der Waals surface area (Å²) in [6.07, 6.45) is 0. The molecule has 4 heteroatoms. The molecule has 0 amide bonds. The van der Waals surface area contributed by atoms with Crippen molar-refractivity contribution in [3.8, 4) is 10.4 Å². The summed E-state index contributed by atoms with van der Waals surface area (Å²) in [6.45, 7) is 1.99. The van der Waals surface area contributed by atoms with Gasteiger partial charge in [0.05, 0.1) is 10.5 Å². The lowest BCUT2D eigenvalue weighted by Crippen LogP contribution is -1.89. The first-order chi connectivity index (χ1) is 7.18. The molecule has 2 rings (SSSR count). The van der Waals surface area contributed by atoms with Crippen LogP contribution in [0.1, 0.15) is 4.88 Å². The van der Waals surface area contributed by atoms with Gasteiger partial charge in [-0.05, 0) is 25.1 Å². The van der Waals surface area contributed by atoms with Gasteiger partial charge >= 0.3 is 0 Å². The van der Waals surface area contributed by atoms with Crippen LogP contribution in [0.25, 0.3) is 10.4 Å². The van der Waals surface area contributed by atoms with Gasteiger partial charge in [0.2, 0.25) is 0 Å². The Bertz CT molecular complexity index is 505. The minimum Gasteiger partial charge on any atom is -0.258 e. The molecular weight excluding hydrogens is 210 g/mol. The molecule has 0 atom stereocenters. The second-order valence-corrected chi connectivity index (χ2v) is 4.47. The van der Waals surface area contributed by atoms with Crippen molar-refractivity contribution in [2.45, 2.75) is 6.92 Å². The fraction of sp³-hybridized carbons (Fsp3) is 0.0909. The zero-order valence-corrected chi connectivity index (χ0v) is 8.95. The highest BCUT2D eigenvalue weighted by atomic mass is 32.1. The van der Waals surface area contributed by atoms with Gasteiger partial charge in [0.1, 0.15) is 0 Å². The molecule has 76 valence electrons. The minimum atomic E-state index is -0.343. The molecule has 1 aromatic carbocycles. The van der Waals surface area contributed by atoms with Crippen molar-refractivity contribution in [1.29, 1.82) is 0 Å². The maximum atomic E-state index is 10.8. The second kappa shape index (κ2) is 3.82. The maximum absolute atomic E-state index is 10.8. The van der Waals surface area contributed by atoms with Crippen LogP contribution < -0.4 is 0 Å². The molecule has 0 aliphatic carbocycles. The van der Waals surface area contributed by atoms with E-state index >= 15 is 0 Å². The van der Waals surface area contributed by atoms with Crippen molar-refractivity contribution in [3.05, 3.63) is 51.4 Å². The number of hydrogen-bond acceptors (Lipinski definition) is 3. The van der Waals surface area contributed by atoms with Gasteiger partial charge in [-0.15, -0.1) is 11.3 Å². The molecule has 1 heterocycles. The highest BCUT2D eigenvalue weighted by Crippen LogP contribution is 2.34. The normalized spacial score (nSPS) is 10.2. The van der Waals surface area contributed by atoms with Crippen LogP contribution in [-0.4, -0.2) is 4.92 Å². The molecule has 0 saturated carbocycles. The van der Waals surface area contributed by atoms with Gasteiger partial charge in [-0.25, -0.2) is 0 Å². The van der Waals surface area contributed by atoms with Crippen LogP contribution in [0, 0.1) is 17.0 Å². The Labute approximate surface area is 91.1 Å². The first-order valence-corrected chi connectivity index (χ1v) is 5.30. The Kier molecular flexibility index (Phi) is 2.51. The van der Waals surface area contributed by atoms with Crippen molar-refractivity contribution in [3.63, 3.8) is 0 Å². The van der Waals surface area contributed by atoms with Gasteiger partial charge in [0, 0.05) is 15.8 Å². The third-order valence-electron chi connectivity index (χ3n) is 2.11. The molecule has 0 aliphatic heterocycles. The Morgan fingerprint density at radius 3 is 2.53 bits per heavy atom. The standard InChI is InChI=1S/C11H9NO2S/c1-8-6-7-11(15-8)9-4-2-3-5-10(9)12(13)14/h2-7H,1H3. The summed E-state index contributed by atoms with van der Waals surface area (Å²) in [6, 6.07) is 10.7. The number of nitro groups is 1. The van der Waals surface area contributed by atoms with E-state index in [2.05, 4.69) is 0 Å². The maximum Gasteiger partial charge on any atom is 0.278 e. The van der Waals surface area contributed by atoms with Gasteiger partial charge in [0.25, 0.3) is 5.69 Å². The molecule has 1 aromatic heterocycles. The van der Waals surface area contributed by atoms with Crippen LogP contribution in [0.4, 0.5) is 5.69 Å². The molecule has 2 aromatic rings. The molecule has 0 N–H and O–H groups in total. The summed E-state index contributed by atoms with van der Waals surface area (Å²) in [5.41, 5.74) is 0.861. The number of nitrogens with zero attached hydrogens (tertiary/aromatic N) is 1. The van der Waals surface area contributed by atoms with E-state index in [9.17, 15) is 10.1 Å². The summed E-state index contributed by atoms with van der Waals surface area (Å²) in [7, 11) is 0. The van der Waals surface area contributed by atoms with E-state index in [0.717, 1.165) is 9.75 Å². The van der Waals surface area contributed by atoms with Gasteiger partial charge in [-0.3, -0.25) is 10.1 Å². The lowest BCUT2D eigenvalue weighted by Gasteiger charge is -1.98. The molecule has 0 aliphatic rings. The predicted octanol–water partition coefficient (Wildman–Crippen LogP) is 3.63. The Balaban J connectivity index is 2.57. The van der Waals surface area contributed by atoms with E-state index in [1.807, 2.05) is 25.1 Å². The Hall–Kier alpha value is -1.68. The van der Waals surface area contributed by atoms with Crippen LogP contribution >= 0.6 is 11.3 Å². The van der Waals surface area contributed by atoms with E-state index in [4.69, 9.17) is 0 Å². The average Bonchev–Trinajstić information content (AvgIpc) is 2.65. The molecule has 0 radical (unpaired) electrons. The molecule has 0 bridgehead atoms. The molecule has 0 fully saturated rings. The smallest absolute Gasteiger partial charge is 0.258 e. The second-order valence-electron chi connectivity index (χ2n) is 3.18. The number of para-hydroxylation sites is 1. The van der Waals surface area contributed by atoms with E-state index in [0.29, 0.717) is 5.56 Å². The average molecular weight is 219 g/mol. The summed E-state index contributed by atoms with van der Waals surface area (Å²) in [5.74, 6) is 0. The van der Waals surface area contributed by atoms with E-state index in [1.165, 1.54) is 6.07 Å². The largest absolute Gasteiger partial charge is 0.278 e. The topological polar surface area (TPSA) is 43.1 Å². The van der Waals surface area contributed by atoms with Crippen molar-refractivity contribution >= 4 is 17.0 Å². The van der Waals surface area contributed by atoms with Crippen molar-refractivity contribution in [2.24, 2.45) is 0 Å². The van der Waals surface area contributed by atoms with Crippen LogP contribution in [0.3, 0.4) is 0 Å². The van der Waals surface area contributed by atoms with Crippen molar-refractivity contribution < 1.29 is 4.92 Å². The lowest BCUT2D eigenvalue weighted by molar-refractivity contribution is -0.384.